The first kappa shape index (κ1) is 11.1. The van der Waals surface area contributed by atoms with Gasteiger partial charge in [-0.1, -0.05) is 6.92 Å². The van der Waals surface area contributed by atoms with Gasteiger partial charge in [-0.3, -0.25) is 0 Å². The highest BCUT2D eigenvalue weighted by Gasteiger charge is 2.47. The second-order valence-corrected chi connectivity index (χ2v) is 6.91. The Morgan fingerprint density at radius 3 is 2.87 bits per heavy atom. The fourth-order valence-corrected chi connectivity index (χ4v) is 4.72. The Bertz CT molecular complexity index is 380. The molecule has 15 heavy (non-hydrogen) atoms. The van der Waals surface area contributed by atoms with Crippen LogP contribution in [0.5, 0.6) is 0 Å². The maximum Gasteiger partial charge on any atom is 0.169 e. The average Bonchev–Trinajstić information content (AvgIpc) is 2.54. The molecule has 3 atom stereocenters. The van der Waals surface area contributed by atoms with Gasteiger partial charge in [-0.05, 0) is 25.6 Å². The molecule has 86 valence electrons. The van der Waals surface area contributed by atoms with Crippen LogP contribution in [-0.4, -0.2) is 48.1 Å². The maximum absolute atomic E-state index is 11.5. The molecule has 2 heterocycles. The lowest BCUT2D eigenvalue weighted by molar-refractivity contribution is 0.279. The Balaban J connectivity index is 2.23. The highest BCUT2D eigenvalue weighted by Crippen LogP contribution is 2.26. The van der Waals surface area contributed by atoms with E-state index >= 15 is 0 Å². The van der Waals surface area contributed by atoms with Crippen molar-refractivity contribution in [2.24, 2.45) is 0 Å². The summed E-state index contributed by atoms with van der Waals surface area (Å²) in [4.78, 5) is 2.06. The van der Waals surface area contributed by atoms with Gasteiger partial charge in [-0.2, -0.15) is 0 Å². The van der Waals surface area contributed by atoms with E-state index < -0.39 is 9.84 Å². The van der Waals surface area contributed by atoms with Gasteiger partial charge in [-0.25, -0.2) is 8.42 Å². The summed E-state index contributed by atoms with van der Waals surface area (Å²) in [7, 11) is -2.87. The van der Waals surface area contributed by atoms with Crippen LogP contribution in [0.3, 0.4) is 0 Å². The Kier molecular flexibility index (Phi) is 2.66. The lowest BCUT2D eigenvalue weighted by Crippen LogP contribution is -2.42. The van der Waals surface area contributed by atoms with Crippen molar-refractivity contribution in [3.8, 4) is 0 Å². The maximum atomic E-state index is 11.5. The SMILES string of the molecule is CC[C@@H](C)N1C(=S)N[C@H]2CS(=O)(=O)C[C@@H]21. The lowest BCUT2D eigenvalue weighted by atomic mass is 10.1. The predicted molar refractivity (Wildman–Crippen MR) is 63.6 cm³/mol. The topological polar surface area (TPSA) is 49.4 Å². The number of hydrogen-bond acceptors (Lipinski definition) is 3. The van der Waals surface area contributed by atoms with Gasteiger partial charge < -0.3 is 10.2 Å². The molecule has 0 bridgehead atoms. The summed E-state index contributed by atoms with van der Waals surface area (Å²) in [5.41, 5.74) is 0. The minimum Gasteiger partial charge on any atom is -0.357 e. The van der Waals surface area contributed by atoms with E-state index in [1.807, 2.05) is 0 Å². The third-order valence-electron chi connectivity index (χ3n) is 3.29. The first-order valence-corrected chi connectivity index (χ1v) is 7.47. The normalized spacial score (nSPS) is 35.1. The monoisotopic (exact) mass is 248 g/mol. The van der Waals surface area contributed by atoms with Gasteiger partial charge in [0, 0.05) is 6.04 Å². The Morgan fingerprint density at radius 2 is 2.27 bits per heavy atom. The number of fused-ring (bicyclic) bond motifs is 1. The van der Waals surface area contributed by atoms with Crippen molar-refractivity contribution < 1.29 is 8.42 Å². The van der Waals surface area contributed by atoms with Crippen molar-refractivity contribution >= 4 is 27.2 Å². The van der Waals surface area contributed by atoms with E-state index in [0.29, 0.717) is 11.2 Å². The van der Waals surface area contributed by atoms with Crippen molar-refractivity contribution in [2.45, 2.75) is 38.4 Å². The quantitative estimate of drug-likeness (QED) is 0.705. The van der Waals surface area contributed by atoms with Crippen molar-refractivity contribution in [3.63, 3.8) is 0 Å². The van der Waals surface area contributed by atoms with E-state index in [1.54, 1.807) is 0 Å². The second-order valence-electron chi connectivity index (χ2n) is 4.36. The summed E-state index contributed by atoms with van der Waals surface area (Å²) in [6, 6.07) is 0.377. The zero-order valence-corrected chi connectivity index (χ0v) is 10.6. The van der Waals surface area contributed by atoms with Gasteiger partial charge in [0.1, 0.15) is 0 Å². The molecule has 2 rings (SSSR count). The van der Waals surface area contributed by atoms with E-state index in [4.69, 9.17) is 12.2 Å². The van der Waals surface area contributed by atoms with Crippen LogP contribution in [0, 0.1) is 0 Å². The van der Waals surface area contributed by atoms with E-state index in [0.717, 1.165) is 6.42 Å². The molecule has 0 unspecified atom stereocenters. The summed E-state index contributed by atoms with van der Waals surface area (Å²) in [5, 5.41) is 3.83. The molecule has 6 heteroatoms. The molecular formula is C9H16N2O2S2. The number of sulfone groups is 1. The number of rotatable bonds is 2. The van der Waals surface area contributed by atoms with Crippen LogP contribution in [0.1, 0.15) is 20.3 Å². The fourth-order valence-electron chi connectivity index (χ4n) is 2.35. The second kappa shape index (κ2) is 3.59. The summed E-state index contributed by atoms with van der Waals surface area (Å²) in [6.07, 6.45) is 0.977. The van der Waals surface area contributed by atoms with Crippen LogP contribution in [0.25, 0.3) is 0 Å². The Morgan fingerprint density at radius 1 is 1.60 bits per heavy atom. The van der Waals surface area contributed by atoms with Crippen molar-refractivity contribution in [3.05, 3.63) is 0 Å². The van der Waals surface area contributed by atoms with Gasteiger partial charge in [0.15, 0.2) is 14.9 Å². The number of nitrogens with zero attached hydrogens (tertiary/aromatic N) is 1. The molecule has 0 aromatic heterocycles. The fraction of sp³-hybridized carbons (Fsp3) is 0.889. The van der Waals surface area contributed by atoms with Crippen LogP contribution in [0.15, 0.2) is 0 Å². The predicted octanol–water partition coefficient (Wildman–Crippen LogP) is 0.141. The van der Waals surface area contributed by atoms with Crippen molar-refractivity contribution in [2.75, 3.05) is 11.5 Å². The summed E-state index contributed by atoms with van der Waals surface area (Å²) in [6.45, 7) is 4.17. The molecule has 0 amide bonds. The minimum absolute atomic E-state index is 0.0106. The van der Waals surface area contributed by atoms with Crippen LogP contribution in [-0.2, 0) is 9.84 Å². The molecule has 1 N–H and O–H groups in total. The first-order chi connectivity index (χ1) is 6.94. The van der Waals surface area contributed by atoms with Crippen LogP contribution >= 0.6 is 12.2 Å². The van der Waals surface area contributed by atoms with Gasteiger partial charge in [0.25, 0.3) is 0 Å². The van der Waals surface area contributed by atoms with Gasteiger partial charge in [0.05, 0.1) is 23.6 Å². The molecule has 4 nitrogen and oxygen atoms in total. The molecule has 2 fully saturated rings. The van der Waals surface area contributed by atoms with E-state index in [2.05, 4.69) is 24.1 Å². The van der Waals surface area contributed by atoms with Crippen molar-refractivity contribution in [1.29, 1.82) is 0 Å². The lowest BCUT2D eigenvalue weighted by Gasteiger charge is -2.29. The molecular weight excluding hydrogens is 232 g/mol. The number of hydrogen-bond donors (Lipinski definition) is 1. The van der Waals surface area contributed by atoms with Gasteiger partial charge in [-0.15, -0.1) is 0 Å². The van der Waals surface area contributed by atoms with E-state index in [1.165, 1.54) is 0 Å². The molecule has 0 saturated carbocycles. The van der Waals surface area contributed by atoms with Crippen LogP contribution in [0.2, 0.25) is 0 Å². The zero-order valence-electron chi connectivity index (χ0n) is 8.93. The summed E-state index contributed by atoms with van der Waals surface area (Å²) in [5.74, 6) is 0.472. The minimum atomic E-state index is -2.87. The van der Waals surface area contributed by atoms with E-state index in [9.17, 15) is 8.42 Å². The average molecular weight is 248 g/mol. The third-order valence-corrected chi connectivity index (χ3v) is 5.33. The largest absolute Gasteiger partial charge is 0.357 e. The van der Waals surface area contributed by atoms with Gasteiger partial charge in [0.2, 0.25) is 0 Å². The zero-order chi connectivity index (χ0) is 11.2. The highest BCUT2D eigenvalue weighted by molar-refractivity contribution is 7.91. The van der Waals surface area contributed by atoms with E-state index in [-0.39, 0.29) is 23.6 Å². The first-order valence-electron chi connectivity index (χ1n) is 5.24. The Labute approximate surface area is 95.9 Å². The molecule has 2 saturated heterocycles. The summed E-state index contributed by atoms with van der Waals surface area (Å²) >= 11 is 5.23. The molecule has 2 aliphatic heterocycles. The smallest absolute Gasteiger partial charge is 0.169 e. The van der Waals surface area contributed by atoms with Gasteiger partial charge >= 0.3 is 0 Å². The van der Waals surface area contributed by atoms with Crippen LogP contribution in [0.4, 0.5) is 0 Å². The molecule has 0 spiro atoms. The molecule has 2 aliphatic rings. The molecule has 0 aromatic rings. The molecule has 0 aromatic carbocycles. The number of thiocarbonyl (C=S) groups is 1. The summed E-state index contributed by atoms with van der Waals surface area (Å²) < 4.78 is 23.0. The molecule has 0 aliphatic carbocycles. The number of nitrogens with one attached hydrogen (secondary N) is 1. The standard InChI is InChI=1S/C9H16N2O2S2/c1-3-6(2)11-8-5-15(12,13)4-7(8)10-9(11)14/h6-8H,3-5H2,1-2H3,(H,10,14)/t6-,7+,8+/m1/s1. The third kappa shape index (κ3) is 1.85. The highest BCUT2D eigenvalue weighted by atomic mass is 32.2. The van der Waals surface area contributed by atoms with Crippen LogP contribution < -0.4 is 5.32 Å². The Hall–Kier alpha value is -0.360. The molecule has 0 radical (unpaired) electrons. The van der Waals surface area contributed by atoms with Crippen molar-refractivity contribution in [1.82, 2.24) is 10.2 Å².